The van der Waals surface area contributed by atoms with E-state index in [1.165, 1.54) is 4.57 Å². The number of amides is 1. The van der Waals surface area contributed by atoms with Gasteiger partial charge in [0.1, 0.15) is 6.61 Å². The van der Waals surface area contributed by atoms with Crippen LogP contribution in [0.3, 0.4) is 0 Å². The van der Waals surface area contributed by atoms with E-state index in [9.17, 15) is 9.59 Å². The maximum Gasteiger partial charge on any atom is 0.441 e. The maximum atomic E-state index is 11.5. The van der Waals surface area contributed by atoms with Crippen molar-refractivity contribution in [1.29, 1.82) is 0 Å². The highest BCUT2D eigenvalue weighted by Crippen LogP contribution is 2.00. The summed E-state index contributed by atoms with van der Waals surface area (Å²) in [5, 5.41) is 6.18. The number of hydrogen-bond acceptors (Lipinski definition) is 5. The lowest BCUT2D eigenvalue weighted by atomic mass is 10.2. The Morgan fingerprint density at radius 2 is 2.14 bits per heavy atom. The van der Waals surface area contributed by atoms with Gasteiger partial charge >= 0.3 is 11.8 Å². The van der Waals surface area contributed by atoms with Crippen LogP contribution in [-0.2, 0) is 17.9 Å². The van der Waals surface area contributed by atoms with Gasteiger partial charge in [0, 0.05) is 13.1 Å². The van der Waals surface area contributed by atoms with Gasteiger partial charge in [0.15, 0.2) is 5.82 Å². The summed E-state index contributed by atoms with van der Waals surface area (Å²) in [6.07, 6.45) is 0.107. The summed E-state index contributed by atoms with van der Waals surface area (Å²) in [6, 6.07) is 9.44. The van der Waals surface area contributed by atoms with Crippen LogP contribution in [0.1, 0.15) is 17.8 Å². The summed E-state index contributed by atoms with van der Waals surface area (Å²) >= 11 is 0. The quantitative estimate of drug-likeness (QED) is 0.814. The molecule has 21 heavy (non-hydrogen) atoms. The summed E-state index contributed by atoms with van der Waals surface area (Å²) in [5.41, 5.74) is 0.930. The standard InChI is InChI=1S/C14H17N3O4/c1-11-16-21-14(19)17(11)9-5-8-15-13(18)20-10-12-6-3-2-4-7-12/h2-4,6-7H,5,8-10H2,1H3,(H,15,18). The van der Waals surface area contributed by atoms with Crippen molar-refractivity contribution in [3.05, 3.63) is 52.3 Å². The van der Waals surface area contributed by atoms with Gasteiger partial charge in [-0.3, -0.25) is 9.09 Å². The minimum absolute atomic E-state index is 0.233. The average molecular weight is 291 g/mol. The first kappa shape index (κ1) is 14.8. The van der Waals surface area contributed by atoms with Gasteiger partial charge in [-0.15, -0.1) is 0 Å². The third kappa shape index (κ3) is 4.48. The number of ether oxygens (including phenoxy) is 1. The highest BCUT2D eigenvalue weighted by Gasteiger charge is 2.06. The van der Waals surface area contributed by atoms with E-state index < -0.39 is 11.8 Å². The summed E-state index contributed by atoms with van der Waals surface area (Å²) < 4.78 is 11.0. The van der Waals surface area contributed by atoms with Gasteiger partial charge in [-0.1, -0.05) is 35.5 Å². The first-order valence-corrected chi connectivity index (χ1v) is 6.64. The Morgan fingerprint density at radius 3 is 2.81 bits per heavy atom. The highest BCUT2D eigenvalue weighted by molar-refractivity contribution is 5.67. The van der Waals surface area contributed by atoms with E-state index in [0.717, 1.165) is 5.56 Å². The zero-order valence-corrected chi connectivity index (χ0v) is 11.7. The molecule has 0 aliphatic rings. The summed E-state index contributed by atoms with van der Waals surface area (Å²) in [5.74, 6) is 0.0332. The van der Waals surface area contributed by atoms with E-state index in [1.807, 2.05) is 30.3 Å². The number of nitrogens with zero attached hydrogens (tertiary/aromatic N) is 2. The second-order valence-corrected chi connectivity index (χ2v) is 4.49. The third-order valence-corrected chi connectivity index (χ3v) is 2.91. The largest absolute Gasteiger partial charge is 0.445 e. The topological polar surface area (TPSA) is 86.4 Å². The van der Waals surface area contributed by atoms with Crippen molar-refractivity contribution in [3.63, 3.8) is 0 Å². The molecule has 0 unspecified atom stereocenters. The van der Waals surface area contributed by atoms with Crippen LogP contribution in [0.5, 0.6) is 0 Å². The Kier molecular flexibility index (Phi) is 5.14. The number of hydrogen-bond donors (Lipinski definition) is 1. The van der Waals surface area contributed by atoms with Crippen LogP contribution in [-0.4, -0.2) is 22.4 Å². The molecular formula is C14H17N3O4. The number of nitrogens with one attached hydrogen (secondary N) is 1. The van der Waals surface area contributed by atoms with Crippen LogP contribution in [0, 0.1) is 6.92 Å². The van der Waals surface area contributed by atoms with Crippen molar-refractivity contribution < 1.29 is 14.1 Å². The molecule has 1 N–H and O–H groups in total. The number of benzene rings is 1. The molecule has 0 bridgehead atoms. The molecule has 0 spiro atoms. The predicted octanol–water partition coefficient (Wildman–Crippen LogP) is 1.46. The molecule has 1 aromatic carbocycles. The zero-order chi connectivity index (χ0) is 15.1. The molecule has 1 heterocycles. The lowest BCUT2D eigenvalue weighted by Gasteiger charge is -2.07. The second kappa shape index (κ2) is 7.28. The lowest BCUT2D eigenvalue weighted by molar-refractivity contribution is 0.139. The molecule has 0 saturated carbocycles. The molecule has 2 aromatic rings. The van der Waals surface area contributed by atoms with Crippen molar-refractivity contribution in [1.82, 2.24) is 15.0 Å². The van der Waals surface area contributed by atoms with Gasteiger partial charge in [-0.05, 0) is 18.9 Å². The number of carbonyl (C=O) groups excluding carboxylic acids is 1. The molecule has 0 atom stereocenters. The minimum Gasteiger partial charge on any atom is -0.445 e. The van der Waals surface area contributed by atoms with E-state index in [1.54, 1.807) is 6.92 Å². The second-order valence-electron chi connectivity index (χ2n) is 4.49. The van der Waals surface area contributed by atoms with Crippen LogP contribution < -0.4 is 11.1 Å². The van der Waals surface area contributed by atoms with Gasteiger partial charge in [0.25, 0.3) is 0 Å². The zero-order valence-electron chi connectivity index (χ0n) is 11.7. The van der Waals surface area contributed by atoms with Gasteiger partial charge in [0.05, 0.1) is 0 Å². The molecule has 0 saturated heterocycles. The number of alkyl carbamates (subject to hydrolysis) is 1. The number of rotatable bonds is 6. The predicted molar refractivity (Wildman–Crippen MR) is 74.7 cm³/mol. The van der Waals surface area contributed by atoms with E-state index >= 15 is 0 Å². The third-order valence-electron chi connectivity index (χ3n) is 2.91. The molecule has 0 radical (unpaired) electrons. The van der Waals surface area contributed by atoms with Crippen LogP contribution >= 0.6 is 0 Å². The van der Waals surface area contributed by atoms with Gasteiger partial charge in [0.2, 0.25) is 0 Å². The fourth-order valence-corrected chi connectivity index (χ4v) is 1.79. The average Bonchev–Trinajstić information content (AvgIpc) is 2.82. The summed E-state index contributed by atoms with van der Waals surface area (Å²) in [6.45, 7) is 2.77. The minimum atomic E-state index is -0.487. The Morgan fingerprint density at radius 1 is 1.38 bits per heavy atom. The van der Waals surface area contributed by atoms with Crippen LogP contribution in [0.4, 0.5) is 4.79 Å². The first-order valence-electron chi connectivity index (χ1n) is 6.64. The summed E-state index contributed by atoms with van der Waals surface area (Å²) in [4.78, 5) is 22.7. The number of aryl methyl sites for hydroxylation is 1. The van der Waals surface area contributed by atoms with Crippen molar-refractivity contribution in [3.8, 4) is 0 Å². The molecule has 2 rings (SSSR count). The molecule has 1 aromatic heterocycles. The maximum absolute atomic E-state index is 11.5. The molecule has 1 amide bonds. The molecular weight excluding hydrogens is 274 g/mol. The summed E-state index contributed by atoms with van der Waals surface area (Å²) in [7, 11) is 0. The Balaban J connectivity index is 1.65. The lowest BCUT2D eigenvalue weighted by Crippen LogP contribution is -2.27. The Bertz CT molecular complexity index is 633. The molecule has 7 nitrogen and oxygen atoms in total. The van der Waals surface area contributed by atoms with E-state index in [-0.39, 0.29) is 6.61 Å². The van der Waals surface area contributed by atoms with Crippen molar-refractivity contribution in [2.24, 2.45) is 0 Å². The SMILES string of the molecule is Cc1noc(=O)n1CCCNC(=O)OCc1ccccc1. The van der Waals surface area contributed by atoms with E-state index in [4.69, 9.17) is 4.74 Å². The number of carbonyl (C=O) groups is 1. The molecule has 112 valence electrons. The number of aromatic nitrogens is 2. The van der Waals surface area contributed by atoms with Crippen molar-refractivity contribution >= 4 is 6.09 Å². The highest BCUT2D eigenvalue weighted by atomic mass is 16.5. The molecule has 0 fully saturated rings. The molecule has 7 heteroatoms. The normalized spacial score (nSPS) is 10.3. The van der Waals surface area contributed by atoms with E-state index in [2.05, 4.69) is 15.0 Å². The molecule has 0 aliphatic heterocycles. The fourth-order valence-electron chi connectivity index (χ4n) is 1.79. The van der Waals surface area contributed by atoms with Gasteiger partial charge in [-0.2, -0.15) is 0 Å². The van der Waals surface area contributed by atoms with Crippen LogP contribution in [0.25, 0.3) is 0 Å². The van der Waals surface area contributed by atoms with Crippen molar-refractivity contribution in [2.45, 2.75) is 26.5 Å². The Labute approximate surface area is 121 Å². The van der Waals surface area contributed by atoms with Crippen LogP contribution in [0.2, 0.25) is 0 Å². The Hall–Kier alpha value is -2.57. The van der Waals surface area contributed by atoms with Gasteiger partial charge in [-0.25, -0.2) is 9.59 Å². The molecule has 0 aliphatic carbocycles. The smallest absolute Gasteiger partial charge is 0.441 e. The fraction of sp³-hybridized carbons (Fsp3) is 0.357. The van der Waals surface area contributed by atoms with Crippen molar-refractivity contribution in [2.75, 3.05) is 6.54 Å². The van der Waals surface area contributed by atoms with Gasteiger partial charge < -0.3 is 10.1 Å². The van der Waals surface area contributed by atoms with E-state index in [0.29, 0.717) is 25.3 Å². The van der Waals surface area contributed by atoms with Crippen LogP contribution in [0.15, 0.2) is 39.6 Å². The first-order chi connectivity index (χ1) is 10.2. The monoisotopic (exact) mass is 291 g/mol.